The fourth-order valence-corrected chi connectivity index (χ4v) is 6.69. The van der Waals surface area contributed by atoms with Crippen LogP contribution in [0.4, 0.5) is 0 Å². The highest BCUT2D eigenvalue weighted by atomic mass is 16.3. The van der Waals surface area contributed by atoms with Crippen molar-refractivity contribution in [2.75, 3.05) is 0 Å². The summed E-state index contributed by atoms with van der Waals surface area (Å²) in [6, 6.07) is 30.0. The molecule has 2 heteroatoms. The number of benzene rings is 5. The summed E-state index contributed by atoms with van der Waals surface area (Å²) in [6.07, 6.45) is 1.55. The number of nitrogens with zero attached hydrogens (tertiary/aromatic N) is 1. The van der Waals surface area contributed by atoms with E-state index in [0.29, 0.717) is 11.3 Å². The van der Waals surface area contributed by atoms with Gasteiger partial charge in [0.15, 0.2) is 0 Å². The number of rotatable bonds is 4. The van der Waals surface area contributed by atoms with Gasteiger partial charge in [-0.3, -0.25) is 4.98 Å². The van der Waals surface area contributed by atoms with Crippen molar-refractivity contribution in [1.29, 1.82) is 0 Å². The zero-order valence-electron chi connectivity index (χ0n) is 29.7. The molecular formula is C42H41NO. The van der Waals surface area contributed by atoms with Crippen LogP contribution in [0.25, 0.3) is 65.9 Å². The van der Waals surface area contributed by atoms with Gasteiger partial charge in [0, 0.05) is 26.6 Å². The maximum absolute atomic E-state index is 8.45. The molecule has 0 radical (unpaired) electrons. The Labute approximate surface area is 265 Å². The van der Waals surface area contributed by atoms with Gasteiger partial charge in [-0.1, -0.05) is 103 Å². The van der Waals surface area contributed by atoms with Crippen LogP contribution in [0, 0.1) is 6.85 Å². The first kappa shape index (κ1) is 25.0. The van der Waals surface area contributed by atoms with Crippen molar-refractivity contribution < 1.29 is 8.53 Å². The third-order valence-electron chi connectivity index (χ3n) is 9.14. The van der Waals surface area contributed by atoms with Gasteiger partial charge < -0.3 is 4.42 Å². The van der Waals surface area contributed by atoms with E-state index in [1.807, 2.05) is 18.2 Å². The standard InChI is InChI=1S/C42H41NO/c1-24(2)30-11-9-12-31(25(3)4)40(30)34-21-38(43-23-26(34)5)33-14-10-13-32-37-19-28-16-15-27-17-18-29(42(6,7)8)20-35(27)36(28)22-39(37)44-41(32)33/h9-25H,1-8H3/i5D3. The Kier molecular flexibility index (Phi) is 5.86. The van der Waals surface area contributed by atoms with E-state index in [4.69, 9.17) is 13.5 Å². The van der Waals surface area contributed by atoms with Crippen LogP contribution in [0.5, 0.6) is 0 Å². The monoisotopic (exact) mass is 578 g/mol. The Bertz CT molecular complexity index is 2310. The third-order valence-corrected chi connectivity index (χ3v) is 9.14. The van der Waals surface area contributed by atoms with Gasteiger partial charge in [-0.15, -0.1) is 0 Å². The molecule has 0 fully saturated rings. The Morgan fingerprint density at radius 2 is 1.36 bits per heavy atom. The lowest BCUT2D eigenvalue weighted by Gasteiger charge is -2.21. The van der Waals surface area contributed by atoms with E-state index in [1.165, 1.54) is 16.3 Å². The summed E-state index contributed by atoms with van der Waals surface area (Å²) >= 11 is 0. The van der Waals surface area contributed by atoms with Crippen molar-refractivity contribution in [2.45, 2.75) is 72.6 Å². The molecule has 220 valence electrons. The first-order valence-corrected chi connectivity index (χ1v) is 15.7. The molecule has 2 aromatic heterocycles. The highest BCUT2D eigenvalue weighted by Crippen LogP contribution is 2.42. The Morgan fingerprint density at radius 1 is 0.682 bits per heavy atom. The molecule has 0 amide bonds. The van der Waals surface area contributed by atoms with Gasteiger partial charge in [0.2, 0.25) is 0 Å². The Balaban J connectivity index is 1.48. The van der Waals surface area contributed by atoms with Crippen LogP contribution in [0.1, 0.15) is 86.7 Å². The summed E-state index contributed by atoms with van der Waals surface area (Å²) in [4.78, 5) is 4.78. The first-order valence-electron chi connectivity index (χ1n) is 17.2. The first-order chi connectivity index (χ1) is 22.2. The lowest BCUT2D eigenvalue weighted by atomic mass is 9.83. The van der Waals surface area contributed by atoms with Crippen molar-refractivity contribution >= 4 is 43.5 Å². The van der Waals surface area contributed by atoms with E-state index in [0.717, 1.165) is 55.0 Å². The number of hydrogen-bond acceptors (Lipinski definition) is 2. The number of aryl methyl sites for hydroxylation is 1. The largest absolute Gasteiger partial charge is 0.455 e. The summed E-state index contributed by atoms with van der Waals surface area (Å²) in [5, 5.41) is 6.81. The predicted octanol–water partition coefficient (Wildman–Crippen LogP) is 12.5. The Morgan fingerprint density at radius 3 is 2.07 bits per heavy atom. The summed E-state index contributed by atoms with van der Waals surface area (Å²) in [5.74, 6) is 0.432. The van der Waals surface area contributed by atoms with E-state index in [1.54, 1.807) is 6.20 Å². The quantitative estimate of drug-likeness (QED) is 0.194. The zero-order chi connectivity index (χ0) is 33.4. The van der Waals surface area contributed by atoms with E-state index in [2.05, 4.69) is 115 Å². The molecule has 0 saturated heterocycles. The normalized spacial score (nSPS) is 13.8. The van der Waals surface area contributed by atoms with Gasteiger partial charge in [-0.2, -0.15) is 0 Å². The van der Waals surface area contributed by atoms with Crippen molar-refractivity contribution in [2.24, 2.45) is 0 Å². The van der Waals surface area contributed by atoms with Crippen LogP contribution >= 0.6 is 0 Å². The van der Waals surface area contributed by atoms with Crippen LogP contribution in [0.15, 0.2) is 95.5 Å². The third kappa shape index (κ3) is 4.59. The van der Waals surface area contributed by atoms with E-state index < -0.39 is 6.85 Å². The van der Waals surface area contributed by atoms with Crippen molar-refractivity contribution in [3.63, 3.8) is 0 Å². The van der Waals surface area contributed by atoms with Crippen LogP contribution < -0.4 is 0 Å². The van der Waals surface area contributed by atoms with Gasteiger partial charge in [-0.05, 0) is 109 Å². The van der Waals surface area contributed by atoms with Crippen LogP contribution in [-0.2, 0) is 5.41 Å². The maximum atomic E-state index is 8.45. The molecule has 7 rings (SSSR count). The average molecular weight is 579 g/mol. The number of fused-ring (bicyclic) bond motifs is 6. The zero-order valence-corrected chi connectivity index (χ0v) is 26.7. The summed E-state index contributed by atoms with van der Waals surface area (Å²) in [5.41, 5.74) is 8.68. The predicted molar refractivity (Wildman–Crippen MR) is 189 cm³/mol. The van der Waals surface area contributed by atoms with Gasteiger partial charge >= 0.3 is 0 Å². The van der Waals surface area contributed by atoms with Gasteiger partial charge in [0.1, 0.15) is 11.2 Å². The highest BCUT2D eigenvalue weighted by Gasteiger charge is 2.20. The number of aromatic nitrogens is 1. The van der Waals surface area contributed by atoms with Crippen LogP contribution in [0.2, 0.25) is 0 Å². The molecule has 0 aliphatic heterocycles. The molecular weight excluding hydrogens is 534 g/mol. The molecule has 0 aliphatic rings. The van der Waals surface area contributed by atoms with Crippen molar-refractivity contribution in [3.05, 3.63) is 113 Å². The van der Waals surface area contributed by atoms with Gasteiger partial charge in [0.25, 0.3) is 0 Å². The minimum atomic E-state index is -2.32. The second kappa shape index (κ2) is 10.3. The van der Waals surface area contributed by atoms with E-state index in [9.17, 15) is 0 Å². The lowest BCUT2D eigenvalue weighted by molar-refractivity contribution is 0.591. The molecule has 2 nitrogen and oxygen atoms in total. The SMILES string of the molecule is [2H]C([2H])([2H])c1cnc(-c2cccc3c2oc2cc4c(ccc5ccc(C(C)(C)C)cc54)cc23)cc1-c1c(C(C)C)cccc1C(C)C. The van der Waals surface area contributed by atoms with Crippen LogP contribution in [0.3, 0.4) is 0 Å². The minimum Gasteiger partial charge on any atom is -0.455 e. The van der Waals surface area contributed by atoms with Gasteiger partial charge in [-0.25, -0.2) is 0 Å². The van der Waals surface area contributed by atoms with Crippen LogP contribution in [-0.4, -0.2) is 4.98 Å². The lowest BCUT2D eigenvalue weighted by Crippen LogP contribution is -2.10. The second-order valence-corrected chi connectivity index (χ2v) is 13.8. The summed E-state index contributed by atoms with van der Waals surface area (Å²) in [6.45, 7) is 13.0. The summed E-state index contributed by atoms with van der Waals surface area (Å²) < 4.78 is 32.1. The van der Waals surface area contributed by atoms with Gasteiger partial charge in [0.05, 0.1) is 5.69 Å². The van der Waals surface area contributed by atoms with Crippen molar-refractivity contribution in [1.82, 2.24) is 4.98 Å². The molecule has 5 aromatic carbocycles. The topological polar surface area (TPSA) is 26.0 Å². The number of pyridine rings is 1. The molecule has 0 aliphatic carbocycles. The van der Waals surface area contributed by atoms with E-state index >= 15 is 0 Å². The fourth-order valence-electron chi connectivity index (χ4n) is 6.69. The molecule has 0 saturated carbocycles. The van der Waals surface area contributed by atoms with E-state index in [-0.39, 0.29) is 22.8 Å². The molecule has 44 heavy (non-hydrogen) atoms. The highest BCUT2D eigenvalue weighted by molar-refractivity contribution is 6.17. The molecule has 7 aromatic rings. The Hall–Kier alpha value is -4.43. The number of para-hydroxylation sites is 1. The molecule has 2 heterocycles. The fraction of sp³-hybridized carbons (Fsp3) is 0.262. The molecule has 0 spiro atoms. The number of hydrogen-bond donors (Lipinski definition) is 0. The number of furan rings is 1. The molecule has 0 unspecified atom stereocenters. The molecule has 0 atom stereocenters. The minimum absolute atomic E-state index is 0.0429. The molecule has 0 N–H and O–H groups in total. The smallest absolute Gasteiger partial charge is 0.144 e. The maximum Gasteiger partial charge on any atom is 0.144 e. The average Bonchev–Trinajstić information content (AvgIpc) is 3.39. The summed E-state index contributed by atoms with van der Waals surface area (Å²) in [7, 11) is 0. The molecule has 0 bridgehead atoms. The van der Waals surface area contributed by atoms with Crippen molar-refractivity contribution in [3.8, 4) is 22.4 Å². The second-order valence-electron chi connectivity index (χ2n) is 13.8.